The molecule has 0 aromatic rings. The zero-order chi connectivity index (χ0) is 20.5. The van der Waals surface area contributed by atoms with Crippen LogP contribution >= 0.6 is 0 Å². The van der Waals surface area contributed by atoms with Gasteiger partial charge in [0, 0.05) is 19.2 Å². The molecular weight excluding hydrogens is 344 g/mol. The summed E-state index contributed by atoms with van der Waals surface area (Å²) in [6.07, 6.45) is 5.64. The fraction of sp³-hybridized carbons (Fsp3) is 0.526. The molecule has 1 aliphatic heterocycles. The van der Waals surface area contributed by atoms with E-state index in [0.717, 1.165) is 17.7 Å². The maximum Gasteiger partial charge on any atom is 0.233 e. The predicted octanol–water partition coefficient (Wildman–Crippen LogP) is 0.964. The average Bonchev–Trinajstić information content (AvgIpc) is 2.78. The lowest BCUT2D eigenvalue weighted by molar-refractivity contribution is -0.170. The van der Waals surface area contributed by atoms with Crippen LogP contribution < -0.4 is 16.8 Å². The van der Waals surface area contributed by atoms with Crippen LogP contribution in [-0.2, 0) is 9.63 Å². The van der Waals surface area contributed by atoms with Crippen molar-refractivity contribution in [3.8, 4) is 11.8 Å². The molecule has 150 valence electrons. The maximum atomic E-state index is 10.1. The highest BCUT2D eigenvalue weighted by Crippen LogP contribution is 2.12. The van der Waals surface area contributed by atoms with Gasteiger partial charge in [-0.05, 0) is 33.4 Å². The van der Waals surface area contributed by atoms with Gasteiger partial charge in [0.15, 0.2) is 0 Å². The van der Waals surface area contributed by atoms with E-state index in [9.17, 15) is 4.79 Å². The van der Waals surface area contributed by atoms with Crippen molar-refractivity contribution >= 4 is 18.0 Å². The van der Waals surface area contributed by atoms with Crippen LogP contribution in [0.4, 0.5) is 0 Å². The monoisotopic (exact) mass is 376 g/mol. The summed E-state index contributed by atoms with van der Waals surface area (Å²) in [7, 11) is 1.85. The van der Waals surface area contributed by atoms with Crippen molar-refractivity contribution in [3.05, 3.63) is 23.5 Å². The van der Waals surface area contributed by atoms with E-state index in [0.29, 0.717) is 50.6 Å². The molecule has 1 rings (SSSR count). The third-order valence-electron chi connectivity index (χ3n) is 3.10. The smallest absolute Gasteiger partial charge is 0.233 e. The van der Waals surface area contributed by atoms with E-state index in [-0.39, 0.29) is 0 Å². The van der Waals surface area contributed by atoms with E-state index in [2.05, 4.69) is 27.1 Å². The van der Waals surface area contributed by atoms with E-state index in [1.54, 1.807) is 0 Å². The van der Waals surface area contributed by atoms with Crippen LogP contribution in [0.5, 0.6) is 0 Å². The van der Waals surface area contributed by atoms with Gasteiger partial charge < -0.3 is 16.8 Å². The first-order chi connectivity index (χ1) is 13.0. The molecule has 0 unspecified atom stereocenters. The standard InChI is InChI=1S/C13H19N5.C6H13NO2/c1-10-7-11(17-6-4-3-5-16-2)12(9-14)18-13(15)8-10;1-3-5-7(6-8)9-4-2/h7,9,16H,5-6,8,14H2,1-2H3,(H2,15,18);6H,3-5H2,1-2H3/b12-9+,17-11?;. The van der Waals surface area contributed by atoms with Crippen molar-refractivity contribution in [1.29, 1.82) is 0 Å². The second-order valence-corrected chi connectivity index (χ2v) is 5.57. The number of carbonyl (C=O) groups is 1. The molecule has 1 amide bonds. The summed E-state index contributed by atoms with van der Waals surface area (Å²) in [5, 5.41) is 4.25. The van der Waals surface area contributed by atoms with Gasteiger partial charge in [-0.25, -0.2) is 10.1 Å². The minimum atomic E-state index is 0.424. The Balaban J connectivity index is 0.000000636. The lowest BCUT2D eigenvalue weighted by Gasteiger charge is -2.13. The van der Waals surface area contributed by atoms with E-state index in [1.165, 1.54) is 11.3 Å². The van der Waals surface area contributed by atoms with E-state index in [4.69, 9.17) is 16.3 Å². The Labute approximate surface area is 162 Å². The van der Waals surface area contributed by atoms with Crippen LogP contribution in [0.15, 0.2) is 33.5 Å². The number of nitrogens with zero attached hydrogens (tertiary/aromatic N) is 3. The van der Waals surface area contributed by atoms with Gasteiger partial charge in [-0.3, -0.25) is 14.6 Å². The predicted molar refractivity (Wildman–Crippen MR) is 111 cm³/mol. The Morgan fingerprint density at radius 2 is 2.19 bits per heavy atom. The van der Waals surface area contributed by atoms with Gasteiger partial charge in [-0.15, -0.1) is 0 Å². The zero-order valence-corrected chi connectivity index (χ0v) is 16.8. The van der Waals surface area contributed by atoms with E-state index >= 15 is 0 Å². The molecule has 0 saturated carbocycles. The van der Waals surface area contributed by atoms with Crippen molar-refractivity contribution in [2.45, 2.75) is 33.6 Å². The summed E-state index contributed by atoms with van der Waals surface area (Å²) in [4.78, 5) is 23.6. The molecule has 0 atom stereocenters. The summed E-state index contributed by atoms with van der Waals surface area (Å²) in [6, 6.07) is 0. The number of amides is 1. The minimum Gasteiger partial charge on any atom is -0.403 e. The van der Waals surface area contributed by atoms with Gasteiger partial charge in [-0.1, -0.05) is 24.3 Å². The third-order valence-corrected chi connectivity index (χ3v) is 3.10. The molecule has 1 heterocycles. The fourth-order valence-electron chi connectivity index (χ4n) is 2.01. The quantitative estimate of drug-likeness (QED) is 0.347. The SMILES string of the molecule is CCCN(C=O)OCC.CNCC#CCN=C1C=C(C)CC(N)=N/C1=C/N. The molecule has 0 radical (unpaired) electrons. The maximum absolute atomic E-state index is 10.1. The molecule has 0 aromatic heterocycles. The number of hydrogen-bond donors (Lipinski definition) is 3. The normalized spacial score (nSPS) is 16.3. The third kappa shape index (κ3) is 11.6. The first-order valence-electron chi connectivity index (χ1n) is 8.94. The minimum absolute atomic E-state index is 0.424. The summed E-state index contributed by atoms with van der Waals surface area (Å²) in [5.41, 5.74) is 13.7. The number of carbonyl (C=O) groups excluding carboxylic acids is 1. The molecule has 0 saturated heterocycles. The number of rotatable bonds is 7. The second kappa shape index (κ2) is 15.6. The lowest BCUT2D eigenvalue weighted by atomic mass is 10.1. The fourth-order valence-corrected chi connectivity index (χ4v) is 2.01. The Bertz CT molecular complexity index is 620. The highest BCUT2D eigenvalue weighted by Gasteiger charge is 2.09. The number of hydroxylamine groups is 2. The zero-order valence-electron chi connectivity index (χ0n) is 16.8. The van der Waals surface area contributed by atoms with Crippen LogP contribution in [0.2, 0.25) is 0 Å². The number of aliphatic imine (C=N–C) groups is 2. The Morgan fingerprint density at radius 1 is 1.44 bits per heavy atom. The van der Waals surface area contributed by atoms with Crippen LogP contribution in [0.1, 0.15) is 33.6 Å². The average molecular weight is 377 g/mol. The molecule has 0 aromatic carbocycles. The van der Waals surface area contributed by atoms with Gasteiger partial charge in [0.2, 0.25) is 6.41 Å². The summed E-state index contributed by atoms with van der Waals surface area (Å²) < 4.78 is 0. The van der Waals surface area contributed by atoms with Crippen molar-refractivity contribution in [3.63, 3.8) is 0 Å². The number of hydrogen-bond acceptors (Lipinski definition) is 7. The van der Waals surface area contributed by atoms with Crippen LogP contribution in [0.3, 0.4) is 0 Å². The lowest BCUT2D eigenvalue weighted by Crippen LogP contribution is -2.22. The molecule has 0 aliphatic carbocycles. The molecule has 1 aliphatic rings. The second-order valence-electron chi connectivity index (χ2n) is 5.57. The van der Waals surface area contributed by atoms with Crippen molar-refractivity contribution in [2.24, 2.45) is 21.5 Å². The first kappa shape index (κ1) is 24.4. The number of nitrogens with two attached hydrogens (primary N) is 2. The topological polar surface area (TPSA) is 118 Å². The van der Waals surface area contributed by atoms with Gasteiger partial charge in [0.25, 0.3) is 0 Å². The van der Waals surface area contributed by atoms with Gasteiger partial charge in [0.1, 0.15) is 18.1 Å². The summed E-state index contributed by atoms with van der Waals surface area (Å²) >= 11 is 0. The Morgan fingerprint density at radius 3 is 2.74 bits per heavy atom. The molecule has 0 spiro atoms. The van der Waals surface area contributed by atoms with Gasteiger partial charge >= 0.3 is 0 Å². The van der Waals surface area contributed by atoms with E-state index in [1.807, 2.05) is 33.9 Å². The van der Waals surface area contributed by atoms with Crippen LogP contribution in [0.25, 0.3) is 0 Å². The molecular formula is C19H32N6O2. The van der Waals surface area contributed by atoms with Gasteiger partial charge in [0.05, 0.1) is 18.9 Å². The van der Waals surface area contributed by atoms with Crippen molar-refractivity contribution < 1.29 is 9.63 Å². The molecule has 0 bridgehead atoms. The molecule has 5 N–H and O–H groups in total. The molecule has 27 heavy (non-hydrogen) atoms. The van der Waals surface area contributed by atoms with Crippen molar-refractivity contribution in [2.75, 3.05) is 33.3 Å². The van der Waals surface area contributed by atoms with Crippen LogP contribution in [-0.4, -0.2) is 56.3 Å². The highest BCUT2D eigenvalue weighted by atomic mass is 16.7. The summed E-state index contributed by atoms with van der Waals surface area (Å²) in [5.74, 6) is 6.44. The summed E-state index contributed by atoms with van der Waals surface area (Å²) in [6.45, 7) is 8.15. The number of allylic oxidation sites excluding steroid dienone is 1. The van der Waals surface area contributed by atoms with Gasteiger partial charge in [-0.2, -0.15) is 0 Å². The molecule has 8 heteroatoms. The largest absolute Gasteiger partial charge is 0.403 e. The number of nitrogens with one attached hydrogen (secondary N) is 1. The Kier molecular flexibility index (Phi) is 14.1. The Hall–Kier alpha value is -2.63. The van der Waals surface area contributed by atoms with Crippen LogP contribution in [0, 0.1) is 11.8 Å². The molecule has 8 nitrogen and oxygen atoms in total. The first-order valence-corrected chi connectivity index (χ1v) is 8.94. The molecule has 0 fully saturated rings. The van der Waals surface area contributed by atoms with Crippen molar-refractivity contribution in [1.82, 2.24) is 10.4 Å². The van der Waals surface area contributed by atoms with E-state index < -0.39 is 0 Å². The highest BCUT2D eigenvalue weighted by molar-refractivity contribution is 6.11. The number of amidine groups is 1.